The lowest BCUT2D eigenvalue weighted by molar-refractivity contribution is -0.158. The van der Waals surface area contributed by atoms with E-state index < -0.39 is 6.10 Å². The van der Waals surface area contributed by atoms with Crippen molar-refractivity contribution in [3.05, 3.63) is 35.9 Å². The summed E-state index contributed by atoms with van der Waals surface area (Å²) in [5.74, 6) is -0.440. The van der Waals surface area contributed by atoms with Crippen molar-refractivity contribution in [2.24, 2.45) is 0 Å². The van der Waals surface area contributed by atoms with Crippen LogP contribution in [0.1, 0.15) is 25.3 Å². The summed E-state index contributed by atoms with van der Waals surface area (Å²) in [6, 6.07) is 9.39. The van der Waals surface area contributed by atoms with Crippen LogP contribution in [0, 0.1) is 0 Å². The van der Waals surface area contributed by atoms with E-state index in [4.69, 9.17) is 4.74 Å². The van der Waals surface area contributed by atoms with E-state index in [0.29, 0.717) is 0 Å². The van der Waals surface area contributed by atoms with Gasteiger partial charge in [0.15, 0.2) is 6.10 Å². The Morgan fingerprint density at radius 2 is 1.84 bits per heavy atom. The lowest BCUT2D eigenvalue weighted by Crippen LogP contribution is -2.38. The number of hydrogen-bond donors (Lipinski definition) is 0. The Bertz CT molecular complexity index is 438. The molecule has 1 heterocycles. The largest absolute Gasteiger partial charge is 0.452 e. The van der Waals surface area contributed by atoms with E-state index >= 15 is 0 Å². The maximum atomic E-state index is 12.0. The minimum absolute atomic E-state index is 0.0843. The highest BCUT2D eigenvalue weighted by molar-refractivity contribution is 5.84. The van der Waals surface area contributed by atoms with Crippen molar-refractivity contribution in [2.75, 3.05) is 13.1 Å². The summed E-state index contributed by atoms with van der Waals surface area (Å²) in [6.07, 6.45) is 1.60. The molecule has 0 saturated carbocycles. The van der Waals surface area contributed by atoms with Crippen LogP contribution in [-0.2, 0) is 20.7 Å². The van der Waals surface area contributed by atoms with Crippen molar-refractivity contribution in [1.82, 2.24) is 4.90 Å². The van der Waals surface area contributed by atoms with Gasteiger partial charge in [0.1, 0.15) is 0 Å². The van der Waals surface area contributed by atoms with E-state index in [9.17, 15) is 9.59 Å². The first-order valence-electron chi connectivity index (χ1n) is 6.69. The molecule has 102 valence electrons. The molecule has 0 radical (unpaired) electrons. The highest BCUT2D eigenvalue weighted by Gasteiger charge is 2.25. The molecule has 1 aromatic carbocycles. The van der Waals surface area contributed by atoms with Gasteiger partial charge in [-0.3, -0.25) is 9.59 Å². The van der Waals surface area contributed by atoms with Gasteiger partial charge >= 0.3 is 5.97 Å². The number of rotatable bonds is 4. The molecule has 1 aliphatic heterocycles. The van der Waals surface area contributed by atoms with E-state index in [1.54, 1.807) is 11.8 Å². The fourth-order valence-corrected chi connectivity index (χ4v) is 2.25. The van der Waals surface area contributed by atoms with E-state index in [0.717, 1.165) is 31.5 Å². The molecule has 1 fully saturated rings. The quantitative estimate of drug-likeness (QED) is 0.776. The standard InChI is InChI=1S/C15H19NO3/c1-12(15(18)16-9-5-6-10-16)19-14(17)11-13-7-3-2-4-8-13/h2-4,7-8,12H,5-6,9-11H2,1H3. The van der Waals surface area contributed by atoms with E-state index in [2.05, 4.69) is 0 Å². The molecule has 0 spiro atoms. The number of hydrogen-bond acceptors (Lipinski definition) is 3. The van der Waals surface area contributed by atoms with Gasteiger partial charge in [-0.1, -0.05) is 30.3 Å². The highest BCUT2D eigenvalue weighted by Crippen LogP contribution is 2.11. The van der Waals surface area contributed by atoms with Crippen molar-refractivity contribution in [1.29, 1.82) is 0 Å². The molecule has 4 heteroatoms. The van der Waals surface area contributed by atoms with Crippen molar-refractivity contribution >= 4 is 11.9 Å². The number of benzene rings is 1. The molecule has 1 atom stereocenters. The van der Waals surface area contributed by atoms with Gasteiger partial charge in [0.25, 0.3) is 5.91 Å². The van der Waals surface area contributed by atoms with Crippen LogP contribution in [0.3, 0.4) is 0 Å². The van der Waals surface area contributed by atoms with E-state index in [1.165, 1.54) is 0 Å². The fraction of sp³-hybridized carbons (Fsp3) is 0.467. The van der Waals surface area contributed by atoms with Gasteiger partial charge in [0, 0.05) is 13.1 Å². The molecule has 0 aliphatic carbocycles. The minimum Gasteiger partial charge on any atom is -0.452 e. The maximum Gasteiger partial charge on any atom is 0.311 e. The Balaban J connectivity index is 1.83. The van der Waals surface area contributed by atoms with Gasteiger partial charge in [-0.05, 0) is 25.3 Å². The summed E-state index contributed by atoms with van der Waals surface area (Å²) in [5, 5.41) is 0. The Morgan fingerprint density at radius 3 is 2.47 bits per heavy atom. The molecular weight excluding hydrogens is 242 g/mol. The van der Waals surface area contributed by atoms with Crippen LogP contribution in [0.4, 0.5) is 0 Å². The van der Waals surface area contributed by atoms with E-state index in [-0.39, 0.29) is 18.3 Å². The van der Waals surface area contributed by atoms with Crippen molar-refractivity contribution < 1.29 is 14.3 Å². The topological polar surface area (TPSA) is 46.6 Å². The van der Waals surface area contributed by atoms with Crippen molar-refractivity contribution in [3.8, 4) is 0 Å². The molecule has 0 N–H and O–H groups in total. The van der Waals surface area contributed by atoms with Crippen LogP contribution in [-0.4, -0.2) is 36.0 Å². The third kappa shape index (κ3) is 3.81. The summed E-state index contributed by atoms with van der Waals surface area (Å²) >= 11 is 0. The van der Waals surface area contributed by atoms with Crippen LogP contribution >= 0.6 is 0 Å². The first kappa shape index (κ1) is 13.6. The molecule has 1 aromatic rings. The predicted molar refractivity (Wildman–Crippen MR) is 71.5 cm³/mol. The predicted octanol–water partition coefficient (Wildman–Crippen LogP) is 1.78. The normalized spacial score (nSPS) is 16.2. The van der Waals surface area contributed by atoms with Gasteiger partial charge in [0.2, 0.25) is 0 Å². The third-order valence-electron chi connectivity index (χ3n) is 3.27. The lowest BCUT2D eigenvalue weighted by atomic mass is 10.1. The van der Waals surface area contributed by atoms with Crippen LogP contribution in [0.25, 0.3) is 0 Å². The zero-order valence-corrected chi connectivity index (χ0v) is 11.2. The second-order valence-corrected chi connectivity index (χ2v) is 4.83. The number of carbonyl (C=O) groups is 2. The Morgan fingerprint density at radius 1 is 1.21 bits per heavy atom. The van der Waals surface area contributed by atoms with Gasteiger partial charge in [-0.25, -0.2) is 0 Å². The van der Waals surface area contributed by atoms with Crippen molar-refractivity contribution in [2.45, 2.75) is 32.3 Å². The zero-order valence-electron chi connectivity index (χ0n) is 11.2. The van der Waals surface area contributed by atoms with Crippen LogP contribution < -0.4 is 0 Å². The van der Waals surface area contributed by atoms with Gasteiger partial charge in [0.05, 0.1) is 6.42 Å². The van der Waals surface area contributed by atoms with Crippen LogP contribution in [0.5, 0.6) is 0 Å². The second-order valence-electron chi connectivity index (χ2n) is 4.83. The van der Waals surface area contributed by atoms with Crippen LogP contribution in [0.2, 0.25) is 0 Å². The summed E-state index contributed by atoms with van der Waals surface area (Å²) in [5.41, 5.74) is 0.897. The number of amides is 1. The van der Waals surface area contributed by atoms with Crippen LogP contribution in [0.15, 0.2) is 30.3 Å². The minimum atomic E-state index is -0.686. The fourth-order valence-electron chi connectivity index (χ4n) is 2.25. The second kappa shape index (κ2) is 6.36. The molecule has 2 rings (SSSR count). The average Bonchev–Trinajstić information content (AvgIpc) is 2.92. The third-order valence-corrected chi connectivity index (χ3v) is 3.27. The van der Waals surface area contributed by atoms with E-state index in [1.807, 2.05) is 30.3 Å². The van der Waals surface area contributed by atoms with Gasteiger partial charge in [-0.2, -0.15) is 0 Å². The highest BCUT2D eigenvalue weighted by atomic mass is 16.5. The molecule has 19 heavy (non-hydrogen) atoms. The number of ether oxygens (including phenoxy) is 1. The van der Waals surface area contributed by atoms with Gasteiger partial charge in [-0.15, -0.1) is 0 Å². The molecule has 1 unspecified atom stereocenters. The monoisotopic (exact) mass is 261 g/mol. The molecule has 0 aromatic heterocycles. The molecule has 0 bridgehead atoms. The van der Waals surface area contributed by atoms with Crippen molar-refractivity contribution in [3.63, 3.8) is 0 Å². The lowest BCUT2D eigenvalue weighted by Gasteiger charge is -2.20. The summed E-state index contributed by atoms with van der Waals surface area (Å²) < 4.78 is 5.20. The number of esters is 1. The Labute approximate surface area is 113 Å². The Hall–Kier alpha value is -1.84. The molecular formula is C15H19NO3. The molecule has 1 amide bonds. The number of likely N-dealkylation sites (tertiary alicyclic amines) is 1. The zero-order chi connectivity index (χ0) is 13.7. The number of nitrogens with zero attached hydrogens (tertiary/aromatic N) is 1. The molecule has 1 aliphatic rings. The first-order valence-corrected chi connectivity index (χ1v) is 6.69. The summed E-state index contributed by atoms with van der Waals surface area (Å²) in [6.45, 7) is 3.20. The molecule has 1 saturated heterocycles. The molecule has 4 nitrogen and oxygen atoms in total. The summed E-state index contributed by atoms with van der Waals surface area (Å²) in [4.78, 5) is 25.5. The maximum absolute atomic E-state index is 12.0. The average molecular weight is 261 g/mol. The van der Waals surface area contributed by atoms with Gasteiger partial charge < -0.3 is 9.64 Å². The summed E-state index contributed by atoms with van der Waals surface area (Å²) in [7, 11) is 0. The number of carbonyl (C=O) groups excluding carboxylic acids is 2. The smallest absolute Gasteiger partial charge is 0.311 e. The first-order chi connectivity index (χ1) is 9.16. The Kier molecular flexibility index (Phi) is 4.55. The SMILES string of the molecule is CC(OC(=O)Cc1ccccc1)C(=O)N1CCCC1.